The predicted octanol–water partition coefficient (Wildman–Crippen LogP) is 3.64. The molecule has 8 heteroatoms. The average Bonchev–Trinajstić information content (AvgIpc) is 3.08. The molecule has 1 saturated heterocycles. The summed E-state index contributed by atoms with van der Waals surface area (Å²) in [5.41, 5.74) is 10.5. The average molecular weight is 444 g/mol. The van der Waals surface area contributed by atoms with Crippen LogP contribution >= 0.6 is 0 Å². The largest absolute Gasteiger partial charge is 0.482 e. The van der Waals surface area contributed by atoms with E-state index in [2.05, 4.69) is 21.5 Å². The van der Waals surface area contributed by atoms with Gasteiger partial charge in [0.25, 0.3) is 0 Å². The fraction of sp³-hybridized carbons (Fsp3) is 0.360. The minimum Gasteiger partial charge on any atom is -0.482 e. The zero-order valence-electron chi connectivity index (χ0n) is 19.0. The minimum atomic E-state index is -0.315. The van der Waals surface area contributed by atoms with Crippen LogP contribution in [0.2, 0.25) is 0 Å². The lowest BCUT2D eigenvalue weighted by Crippen LogP contribution is -2.15. The Balaban J connectivity index is 1.72. The first-order chi connectivity index (χ1) is 16.1. The Hall–Kier alpha value is -3.70. The van der Waals surface area contributed by atoms with Crippen molar-refractivity contribution >= 4 is 16.8 Å². The number of fused-ring (bicyclic) bond motifs is 1. The quantitative estimate of drug-likeness (QED) is 0.562. The van der Waals surface area contributed by atoms with Gasteiger partial charge in [-0.1, -0.05) is 6.07 Å². The lowest BCUT2D eigenvalue weighted by molar-refractivity contribution is 0.224. The number of allylic oxidation sites excluding steroid dienone is 1. The molecule has 8 nitrogen and oxygen atoms in total. The fourth-order valence-corrected chi connectivity index (χ4v) is 4.17. The molecule has 4 heterocycles. The van der Waals surface area contributed by atoms with Gasteiger partial charge in [-0.05, 0) is 64.4 Å². The zero-order chi connectivity index (χ0) is 23.2. The molecular weight excluding hydrogens is 414 g/mol. The van der Waals surface area contributed by atoms with Crippen molar-refractivity contribution in [2.24, 2.45) is 10.7 Å². The Labute approximate surface area is 193 Å². The van der Waals surface area contributed by atoms with Gasteiger partial charge < -0.3 is 15.8 Å². The highest BCUT2D eigenvalue weighted by atomic mass is 16.5. The number of aliphatic imine (C=N–C) groups is 1. The molecule has 33 heavy (non-hydrogen) atoms. The van der Waals surface area contributed by atoms with Gasteiger partial charge in [-0.2, -0.15) is 10.4 Å². The Bertz CT molecular complexity index is 1200. The van der Waals surface area contributed by atoms with Crippen molar-refractivity contribution in [2.75, 3.05) is 13.1 Å². The lowest BCUT2D eigenvalue weighted by Gasteiger charge is -2.18. The number of rotatable bonds is 6. The van der Waals surface area contributed by atoms with Crippen LogP contribution < -0.4 is 15.8 Å². The maximum atomic E-state index is 9.59. The van der Waals surface area contributed by atoms with Crippen LogP contribution in [0.3, 0.4) is 0 Å². The molecule has 0 bridgehead atoms. The summed E-state index contributed by atoms with van der Waals surface area (Å²) < 4.78 is 7.97. The SMILES string of the molecule is CC(=NC1CCCNCC1)/C(=C\N)c1cc(O[C@H](C)c2ccccn2)c2c(C#N)cnn2c1. The third kappa shape index (κ3) is 5.04. The van der Waals surface area contributed by atoms with Crippen molar-refractivity contribution in [3.05, 3.63) is 65.9 Å². The monoisotopic (exact) mass is 443 g/mol. The van der Waals surface area contributed by atoms with Gasteiger partial charge in [0, 0.05) is 35.4 Å². The molecule has 4 rings (SSSR count). The van der Waals surface area contributed by atoms with Crippen LogP contribution in [0.4, 0.5) is 0 Å². The maximum Gasteiger partial charge on any atom is 0.148 e. The number of nitrogens with zero attached hydrogens (tertiary/aromatic N) is 5. The van der Waals surface area contributed by atoms with Gasteiger partial charge in [-0.3, -0.25) is 9.98 Å². The first-order valence-corrected chi connectivity index (χ1v) is 11.3. The number of hydrogen-bond acceptors (Lipinski definition) is 7. The number of hydrogen-bond donors (Lipinski definition) is 2. The number of ether oxygens (including phenoxy) is 1. The second-order valence-electron chi connectivity index (χ2n) is 8.20. The molecule has 3 N–H and O–H groups in total. The summed E-state index contributed by atoms with van der Waals surface area (Å²) in [6.45, 7) is 5.93. The van der Waals surface area contributed by atoms with Crippen LogP contribution in [0.5, 0.6) is 5.75 Å². The molecular formula is C25H29N7O. The van der Waals surface area contributed by atoms with E-state index in [9.17, 15) is 5.26 Å². The Morgan fingerprint density at radius 3 is 3.03 bits per heavy atom. The highest BCUT2D eigenvalue weighted by Crippen LogP contribution is 2.31. The van der Waals surface area contributed by atoms with Crippen molar-refractivity contribution in [3.8, 4) is 11.8 Å². The second kappa shape index (κ2) is 10.3. The number of nitriles is 1. The Morgan fingerprint density at radius 2 is 2.27 bits per heavy atom. The molecule has 0 spiro atoms. The van der Waals surface area contributed by atoms with E-state index in [1.54, 1.807) is 23.1 Å². The summed E-state index contributed by atoms with van der Waals surface area (Å²) >= 11 is 0. The van der Waals surface area contributed by atoms with E-state index in [1.165, 1.54) is 0 Å². The number of nitrogens with one attached hydrogen (secondary N) is 1. The highest BCUT2D eigenvalue weighted by Gasteiger charge is 2.19. The molecule has 0 saturated carbocycles. The summed E-state index contributed by atoms with van der Waals surface area (Å²) in [6, 6.07) is 10.1. The van der Waals surface area contributed by atoms with Gasteiger partial charge in [0.05, 0.1) is 17.9 Å². The molecule has 0 radical (unpaired) electrons. The molecule has 2 atom stereocenters. The van der Waals surface area contributed by atoms with E-state index in [1.807, 2.05) is 44.3 Å². The summed E-state index contributed by atoms with van der Waals surface area (Å²) in [5.74, 6) is 0.547. The lowest BCUT2D eigenvalue weighted by atomic mass is 10.0. The van der Waals surface area contributed by atoms with Gasteiger partial charge in [0.1, 0.15) is 29.0 Å². The predicted molar refractivity (Wildman–Crippen MR) is 129 cm³/mol. The van der Waals surface area contributed by atoms with Crippen LogP contribution in [-0.4, -0.2) is 39.4 Å². The standard InChI is InChI=1S/C25H29N7O/c1-17(31-21-6-5-9-28-11-8-21)22(14-27)19-12-24(25-20(13-26)15-30-32(25)16-19)33-18(2)23-7-3-4-10-29-23/h3-4,7,10,12,14-16,18,21,28H,5-6,8-9,11,27H2,1-2H3/b22-14+,31-17?/t18-,21?/m1/s1. The highest BCUT2D eigenvalue weighted by molar-refractivity contribution is 6.22. The molecule has 1 fully saturated rings. The van der Waals surface area contributed by atoms with Crippen molar-refractivity contribution in [1.82, 2.24) is 19.9 Å². The third-order valence-electron chi connectivity index (χ3n) is 5.89. The van der Waals surface area contributed by atoms with Crippen molar-refractivity contribution in [1.29, 1.82) is 5.26 Å². The van der Waals surface area contributed by atoms with Gasteiger partial charge in [0.15, 0.2) is 0 Å². The zero-order valence-corrected chi connectivity index (χ0v) is 19.0. The molecule has 170 valence electrons. The van der Waals surface area contributed by atoms with E-state index in [0.717, 1.165) is 54.9 Å². The summed E-state index contributed by atoms with van der Waals surface area (Å²) in [4.78, 5) is 9.37. The molecule has 0 aromatic carbocycles. The maximum absolute atomic E-state index is 9.59. The Morgan fingerprint density at radius 1 is 1.39 bits per heavy atom. The van der Waals surface area contributed by atoms with Crippen LogP contribution in [0.15, 0.2) is 54.0 Å². The molecule has 1 aliphatic rings. The summed E-state index contributed by atoms with van der Waals surface area (Å²) in [6.07, 6.45) is 9.59. The summed E-state index contributed by atoms with van der Waals surface area (Å²) in [7, 11) is 0. The van der Waals surface area contributed by atoms with E-state index in [-0.39, 0.29) is 12.1 Å². The van der Waals surface area contributed by atoms with Crippen molar-refractivity contribution in [3.63, 3.8) is 0 Å². The van der Waals surface area contributed by atoms with Gasteiger partial charge in [-0.25, -0.2) is 4.52 Å². The molecule has 3 aromatic heterocycles. The van der Waals surface area contributed by atoms with Crippen LogP contribution in [0.25, 0.3) is 11.1 Å². The first kappa shape index (κ1) is 22.5. The van der Waals surface area contributed by atoms with Crippen LogP contribution in [0, 0.1) is 11.3 Å². The molecule has 3 aromatic rings. The molecule has 1 unspecified atom stereocenters. The molecule has 0 amide bonds. The number of aromatic nitrogens is 3. The first-order valence-electron chi connectivity index (χ1n) is 11.3. The van der Waals surface area contributed by atoms with E-state index < -0.39 is 0 Å². The van der Waals surface area contributed by atoms with Gasteiger partial charge >= 0.3 is 0 Å². The fourth-order valence-electron chi connectivity index (χ4n) is 4.17. The minimum absolute atomic E-state index is 0.272. The molecule has 1 aliphatic heterocycles. The van der Waals surface area contributed by atoms with E-state index in [4.69, 9.17) is 15.5 Å². The molecule has 0 aliphatic carbocycles. The normalized spacial score (nSPS) is 18.5. The van der Waals surface area contributed by atoms with Crippen LogP contribution in [0.1, 0.15) is 56.0 Å². The van der Waals surface area contributed by atoms with Gasteiger partial charge in [-0.15, -0.1) is 0 Å². The third-order valence-corrected chi connectivity index (χ3v) is 5.89. The topological polar surface area (TPSA) is 114 Å². The van der Waals surface area contributed by atoms with Gasteiger partial charge in [0.2, 0.25) is 0 Å². The van der Waals surface area contributed by atoms with Crippen LogP contribution in [-0.2, 0) is 0 Å². The number of nitrogens with two attached hydrogens (primary N) is 1. The second-order valence-corrected chi connectivity index (χ2v) is 8.20. The van der Waals surface area contributed by atoms with Crippen molar-refractivity contribution < 1.29 is 4.74 Å². The van der Waals surface area contributed by atoms with E-state index in [0.29, 0.717) is 16.8 Å². The van der Waals surface area contributed by atoms with E-state index >= 15 is 0 Å². The Kier molecular flexibility index (Phi) is 7.01. The van der Waals surface area contributed by atoms with Crippen molar-refractivity contribution in [2.45, 2.75) is 45.3 Å². The smallest absolute Gasteiger partial charge is 0.148 e. The summed E-state index contributed by atoms with van der Waals surface area (Å²) in [5, 5.41) is 17.4. The number of pyridine rings is 2.